The van der Waals surface area contributed by atoms with Crippen LogP contribution in [0.25, 0.3) is 17.1 Å². The molecule has 2 aromatic heterocycles. The number of rotatable bonds is 4. The summed E-state index contributed by atoms with van der Waals surface area (Å²) >= 11 is 0. The van der Waals surface area contributed by atoms with E-state index >= 15 is 0 Å². The summed E-state index contributed by atoms with van der Waals surface area (Å²) in [5.41, 5.74) is 2.12. The zero-order valence-corrected chi connectivity index (χ0v) is 11.9. The number of aromatic nitrogens is 3. The second-order valence-electron chi connectivity index (χ2n) is 4.78. The molecule has 0 N–H and O–H groups in total. The summed E-state index contributed by atoms with van der Waals surface area (Å²) in [4.78, 5) is 16.1. The van der Waals surface area contributed by atoms with Crippen LogP contribution in [-0.2, 0) is 6.61 Å². The van der Waals surface area contributed by atoms with Crippen LogP contribution < -0.4 is 10.5 Å². The molecular formula is C16H11N3O4. The molecule has 4 rings (SSSR count). The van der Waals surface area contributed by atoms with E-state index in [0.717, 1.165) is 10.2 Å². The third-order valence-electron chi connectivity index (χ3n) is 3.20. The van der Waals surface area contributed by atoms with Gasteiger partial charge in [0.1, 0.15) is 12.1 Å². The van der Waals surface area contributed by atoms with Crippen molar-refractivity contribution in [3.05, 3.63) is 70.7 Å². The van der Waals surface area contributed by atoms with Gasteiger partial charge in [0.15, 0.2) is 5.58 Å². The van der Waals surface area contributed by atoms with E-state index in [1.165, 1.54) is 0 Å². The molecule has 0 radical (unpaired) electrons. The third-order valence-corrected chi connectivity index (χ3v) is 3.20. The van der Waals surface area contributed by atoms with Crippen molar-refractivity contribution in [2.75, 3.05) is 0 Å². The first-order valence-corrected chi connectivity index (χ1v) is 6.92. The first-order chi connectivity index (χ1) is 11.3. The first kappa shape index (κ1) is 13.3. The molecule has 0 aliphatic rings. The number of benzene rings is 2. The summed E-state index contributed by atoms with van der Waals surface area (Å²) in [6, 6.07) is 16.7. The van der Waals surface area contributed by atoms with Crippen molar-refractivity contribution in [1.29, 1.82) is 0 Å². The number of para-hydroxylation sites is 2. The highest BCUT2D eigenvalue weighted by Gasteiger charge is 2.16. The Hall–Kier alpha value is -3.35. The minimum Gasteiger partial charge on any atom is -0.444 e. The lowest BCUT2D eigenvalue weighted by Gasteiger charge is -1.99. The number of ether oxygens (including phenoxy) is 1. The molecule has 0 fully saturated rings. The number of oxazole rings is 1. The summed E-state index contributed by atoms with van der Waals surface area (Å²) in [6.07, 6.45) is -0.138. The SMILES string of the molecule is O=c1oc(OCc2ccccc2)nn1-c1nc2ccccc2o1. The van der Waals surface area contributed by atoms with E-state index in [0.29, 0.717) is 11.1 Å². The van der Waals surface area contributed by atoms with E-state index in [1.807, 2.05) is 42.5 Å². The molecule has 0 amide bonds. The van der Waals surface area contributed by atoms with Gasteiger partial charge >= 0.3 is 17.8 Å². The molecule has 0 aliphatic heterocycles. The van der Waals surface area contributed by atoms with Crippen LogP contribution in [0.5, 0.6) is 6.08 Å². The van der Waals surface area contributed by atoms with E-state index in [9.17, 15) is 4.79 Å². The average Bonchev–Trinajstić information content (AvgIpc) is 3.17. The Morgan fingerprint density at radius 1 is 1.00 bits per heavy atom. The molecule has 7 heteroatoms. The van der Waals surface area contributed by atoms with Gasteiger partial charge in [-0.1, -0.05) is 47.6 Å². The molecule has 4 aromatic rings. The fourth-order valence-corrected chi connectivity index (χ4v) is 2.11. The normalized spacial score (nSPS) is 11.0. The minimum absolute atomic E-state index is 0.0366. The predicted octanol–water partition coefficient (Wildman–Crippen LogP) is 2.55. The van der Waals surface area contributed by atoms with Gasteiger partial charge in [0.25, 0.3) is 0 Å². The molecule has 0 atom stereocenters. The molecule has 0 spiro atoms. The van der Waals surface area contributed by atoms with Gasteiger partial charge in [0.2, 0.25) is 0 Å². The summed E-state index contributed by atoms with van der Waals surface area (Å²) in [5, 5.41) is 3.95. The van der Waals surface area contributed by atoms with Gasteiger partial charge in [-0.3, -0.25) is 0 Å². The van der Waals surface area contributed by atoms with Gasteiger partial charge in [-0.15, -0.1) is 4.68 Å². The third kappa shape index (κ3) is 2.59. The maximum absolute atomic E-state index is 11.9. The van der Waals surface area contributed by atoms with E-state index in [4.69, 9.17) is 13.6 Å². The van der Waals surface area contributed by atoms with Crippen molar-refractivity contribution in [1.82, 2.24) is 14.8 Å². The lowest BCUT2D eigenvalue weighted by atomic mass is 10.2. The van der Waals surface area contributed by atoms with Gasteiger partial charge in [0, 0.05) is 0 Å². The molecule has 2 heterocycles. The minimum atomic E-state index is -0.723. The number of fused-ring (bicyclic) bond motifs is 1. The van der Waals surface area contributed by atoms with Crippen LogP contribution in [0.1, 0.15) is 5.56 Å². The molecule has 23 heavy (non-hydrogen) atoms. The van der Waals surface area contributed by atoms with Crippen LogP contribution in [0.4, 0.5) is 0 Å². The number of hydrogen-bond acceptors (Lipinski definition) is 6. The Morgan fingerprint density at radius 2 is 1.78 bits per heavy atom. The van der Waals surface area contributed by atoms with Crippen molar-refractivity contribution in [3.8, 4) is 12.1 Å². The van der Waals surface area contributed by atoms with E-state index in [-0.39, 0.29) is 18.7 Å². The van der Waals surface area contributed by atoms with Crippen LogP contribution in [0.2, 0.25) is 0 Å². The first-order valence-electron chi connectivity index (χ1n) is 6.92. The molecule has 7 nitrogen and oxygen atoms in total. The van der Waals surface area contributed by atoms with Crippen LogP contribution in [0.3, 0.4) is 0 Å². The standard InChI is InChI=1S/C16H11N3O4/c20-16-19(14-17-12-8-4-5-9-13(12)22-14)18-15(23-16)21-10-11-6-2-1-3-7-11/h1-9H,10H2. The Morgan fingerprint density at radius 3 is 2.61 bits per heavy atom. The smallest absolute Gasteiger partial charge is 0.444 e. The van der Waals surface area contributed by atoms with Crippen LogP contribution >= 0.6 is 0 Å². The summed E-state index contributed by atoms with van der Waals surface area (Å²) < 4.78 is 16.8. The molecule has 0 saturated heterocycles. The molecule has 0 bridgehead atoms. The van der Waals surface area contributed by atoms with Crippen molar-refractivity contribution in [3.63, 3.8) is 0 Å². The topological polar surface area (TPSA) is 83.3 Å². The van der Waals surface area contributed by atoms with E-state index in [2.05, 4.69) is 10.1 Å². The second kappa shape index (κ2) is 5.45. The van der Waals surface area contributed by atoms with Crippen molar-refractivity contribution < 1.29 is 13.6 Å². The lowest BCUT2D eigenvalue weighted by molar-refractivity contribution is 0.215. The van der Waals surface area contributed by atoms with E-state index < -0.39 is 5.76 Å². The Bertz CT molecular complexity index is 968. The van der Waals surface area contributed by atoms with Crippen molar-refractivity contribution in [2.24, 2.45) is 0 Å². The van der Waals surface area contributed by atoms with Gasteiger partial charge in [-0.05, 0) is 17.7 Å². The number of nitrogens with zero attached hydrogens (tertiary/aromatic N) is 3. The largest absolute Gasteiger partial charge is 0.448 e. The van der Waals surface area contributed by atoms with Crippen molar-refractivity contribution >= 4 is 11.1 Å². The highest BCUT2D eigenvalue weighted by molar-refractivity contribution is 5.73. The summed E-state index contributed by atoms with van der Waals surface area (Å²) in [6.45, 7) is 0.244. The zero-order chi connectivity index (χ0) is 15.6. The molecular weight excluding hydrogens is 298 g/mol. The summed E-state index contributed by atoms with van der Waals surface area (Å²) in [7, 11) is 0. The van der Waals surface area contributed by atoms with Gasteiger partial charge < -0.3 is 13.6 Å². The quantitative estimate of drug-likeness (QED) is 0.576. The Labute approximate surface area is 129 Å². The van der Waals surface area contributed by atoms with Crippen molar-refractivity contribution in [2.45, 2.75) is 6.61 Å². The molecule has 0 aliphatic carbocycles. The molecule has 114 valence electrons. The fraction of sp³-hybridized carbons (Fsp3) is 0.0625. The summed E-state index contributed by atoms with van der Waals surface area (Å²) in [5.74, 6) is -0.723. The number of hydrogen-bond donors (Lipinski definition) is 0. The average molecular weight is 309 g/mol. The Kier molecular flexibility index (Phi) is 3.16. The maximum Gasteiger partial charge on any atom is 0.448 e. The van der Waals surface area contributed by atoms with Gasteiger partial charge in [0.05, 0.1) is 0 Å². The zero-order valence-electron chi connectivity index (χ0n) is 11.9. The Balaban J connectivity index is 1.60. The maximum atomic E-state index is 11.9. The van der Waals surface area contributed by atoms with Crippen LogP contribution in [0.15, 0.2) is 68.2 Å². The lowest BCUT2D eigenvalue weighted by Crippen LogP contribution is -2.13. The van der Waals surface area contributed by atoms with Gasteiger partial charge in [-0.2, -0.15) is 4.98 Å². The van der Waals surface area contributed by atoms with Crippen LogP contribution in [0, 0.1) is 0 Å². The fourth-order valence-electron chi connectivity index (χ4n) is 2.11. The monoisotopic (exact) mass is 309 g/mol. The highest BCUT2D eigenvalue weighted by Crippen LogP contribution is 2.17. The molecule has 0 saturated carbocycles. The predicted molar refractivity (Wildman–Crippen MR) is 80.4 cm³/mol. The second-order valence-corrected chi connectivity index (χ2v) is 4.78. The molecule has 0 unspecified atom stereocenters. The highest BCUT2D eigenvalue weighted by atomic mass is 16.6. The van der Waals surface area contributed by atoms with E-state index in [1.54, 1.807) is 12.1 Å². The van der Waals surface area contributed by atoms with Crippen LogP contribution in [-0.4, -0.2) is 14.8 Å². The van der Waals surface area contributed by atoms with Gasteiger partial charge in [-0.25, -0.2) is 4.79 Å². The molecule has 2 aromatic carbocycles.